The second kappa shape index (κ2) is 10.1. The molecule has 1 aliphatic carbocycles. The molecule has 0 saturated heterocycles. The third-order valence-corrected chi connectivity index (χ3v) is 6.54. The molecule has 0 aromatic heterocycles. The lowest BCUT2D eigenvalue weighted by atomic mass is 9.97. The minimum Gasteiger partial charge on any atom is -0.497 e. The van der Waals surface area contributed by atoms with Crippen molar-refractivity contribution in [3.05, 3.63) is 59.7 Å². The van der Waals surface area contributed by atoms with Crippen molar-refractivity contribution in [1.82, 2.24) is 9.91 Å². The van der Waals surface area contributed by atoms with Crippen molar-refractivity contribution >= 4 is 17.5 Å². The van der Waals surface area contributed by atoms with Gasteiger partial charge in [0.05, 0.1) is 26.0 Å². The Morgan fingerprint density at radius 3 is 2.39 bits per heavy atom. The smallest absolute Gasteiger partial charge is 0.262 e. The van der Waals surface area contributed by atoms with Crippen molar-refractivity contribution in [2.75, 3.05) is 27.8 Å². The van der Waals surface area contributed by atoms with Crippen LogP contribution < -0.4 is 9.47 Å². The Labute approximate surface area is 195 Å². The Hall–Kier alpha value is -3.35. The summed E-state index contributed by atoms with van der Waals surface area (Å²) in [5.41, 5.74) is 2.64. The van der Waals surface area contributed by atoms with Crippen LogP contribution >= 0.6 is 0 Å². The lowest BCUT2D eigenvalue weighted by Gasteiger charge is -2.26. The molecule has 0 spiro atoms. The van der Waals surface area contributed by atoms with E-state index in [2.05, 4.69) is 0 Å². The fourth-order valence-electron chi connectivity index (χ4n) is 4.72. The molecule has 7 nitrogen and oxygen atoms in total. The topological polar surface area (TPSA) is 71.4 Å². The fourth-order valence-corrected chi connectivity index (χ4v) is 4.72. The number of ether oxygens (including phenoxy) is 2. The average molecular weight is 450 g/mol. The summed E-state index contributed by atoms with van der Waals surface area (Å²) in [7, 11) is 4.96. The number of amides is 2. The minimum atomic E-state index is -0.305. The summed E-state index contributed by atoms with van der Waals surface area (Å²) in [5, 5.41) is 6.25. The Morgan fingerprint density at radius 1 is 1.03 bits per heavy atom. The highest BCUT2D eigenvalue weighted by molar-refractivity contribution is 6.03. The van der Waals surface area contributed by atoms with Gasteiger partial charge in [0.1, 0.15) is 18.0 Å². The van der Waals surface area contributed by atoms with Gasteiger partial charge in [0.2, 0.25) is 5.91 Å². The number of likely N-dealkylation sites (N-methyl/N-ethyl adjacent to an activating group) is 1. The number of para-hydroxylation sites is 1. The largest absolute Gasteiger partial charge is 0.497 e. The first-order valence-electron chi connectivity index (χ1n) is 11.4. The molecule has 1 saturated carbocycles. The standard InChI is InChI=1S/C26H31N3O4/c1-28(26(31)19-8-4-5-9-19)17-25(30)29-23(21-10-6-7-11-24(21)33-3)16-22(27-29)18-12-14-20(32-2)15-13-18/h6-7,10-15,19,23H,4-5,8-9,16-17H2,1-3H3/t23-/m1/s1. The quantitative estimate of drug-likeness (QED) is 0.640. The van der Waals surface area contributed by atoms with Gasteiger partial charge in [-0.05, 0) is 48.7 Å². The minimum absolute atomic E-state index is 0.000372. The number of hydrogen-bond acceptors (Lipinski definition) is 5. The summed E-state index contributed by atoms with van der Waals surface area (Å²) in [6.07, 6.45) is 4.53. The lowest BCUT2D eigenvalue weighted by molar-refractivity contribution is -0.142. The molecule has 0 bridgehead atoms. The van der Waals surface area contributed by atoms with Gasteiger partial charge in [-0.1, -0.05) is 31.0 Å². The van der Waals surface area contributed by atoms with E-state index in [1.807, 2.05) is 48.5 Å². The predicted molar refractivity (Wildman–Crippen MR) is 126 cm³/mol. The van der Waals surface area contributed by atoms with Crippen LogP contribution in [-0.4, -0.2) is 55.2 Å². The van der Waals surface area contributed by atoms with Crippen LogP contribution in [0.2, 0.25) is 0 Å². The Morgan fingerprint density at radius 2 is 1.73 bits per heavy atom. The van der Waals surface area contributed by atoms with E-state index in [0.29, 0.717) is 12.2 Å². The van der Waals surface area contributed by atoms with Crippen LogP contribution in [0.1, 0.15) is 49.3 Å². The van der Waals surface area contributed by atoms with E-state index >= 15 is 0 Å². The number of hydrazone groups is 1. The molecular formula is C26H31N3O4. The third kappa shape index (κ3) is 4.87. The summed E-state index contributed by atoms with van der Waals surface area (Å²) in [6, 6.07) is 15.0. The number of carbonyl (C=O) groups excluding carboxylic acids is 2. The second-order valence-corrected chi connectivity index (χ2v) is 8.65. The number of benzene rings is 2. The van der Waals surface area contributed by atoms with Gasteiger partial charge in [0, 0.05) is 24.9 Å². The normalized spacial score (nSPS) is 18.2. The highest BCUT2D eigenvalue weighted by atomic mass is 16.5. The summed E-state index contributed by atoms with van der Waals surface area (Å²) >= 11 is 0. The summed E-state index contributed by atoms with van der Waals surface area (Å²) in [6.45, 7) is 0.000372. The number of methoxy groups -OCH3 is 2. The van der Waals surface area contributed by atoms with Crippen molar-refractivity contribution in [2.24, 2.45) is 11.0 Å². The van der Waals surface area contributed by atoms with Crippen molar-refractivity contribution in [3.8, 4) is 11.5 Å². The van der Waals surface area contributed by atoms with E-state index in [1.165, 1.54) is 5.01 Å². The first-order chi connectivity index (χ1) is 16.0. The van der Waals surface area contributed by atoms with Gasteiger partial charge in [-0.15, -0.1) is 0 Å². The molecule has 0 N–H and O–H groups in total. The van der Waals surface area contributed by atoms with Crippen molar-refractivity contribution in [3.63, 3.8) is 0 Å². The molecule has 1 atom stereocenters. The average Bonchev–Trinajstić information content (AvgIpc) is 3.54. The van der Waals surface area contributed by atoms with Crippen LogP contribution in [0.5, 0.6) is 11.5 Å². The molecule has 2 aromatic rings. The van der Waals surface area contributed by atoms with Gasteiger partial charge in [-0.25, -0.2) is 5.01 Å². The molecule has 7 heteroatoms. The second-order valence-electron chi connectivity index (χ2n) is 8.65. The van der Waals surface area contributed by atoms with Crippen molar-refractivity contribution in [2.45, 2.75) is 38.1 Å². The maximum atomic E-state index is 13.4. The van der Waals surface area contributed by atoms with Gasteiger partial charge in [0.25, 0.3) is 5.91 Å². The molecule has 4 rings (SSSR count). The van der Waals surface area contributed by atoms with Crippen LogP contribution in [0.3, 0.4) is 0 Å². The fraction of sp³-hybridized carbons (Fsp3) is 0.423. The summed E-state index contributed by atoms with van der Waals surface area (Å²) in [4.78, 5) is 27.7. The van der Waals surface area contributed by atoms with E-state index in [-0.39, 0.29) is 30.3 Å². The molecule has 1 heterocycles. The molecule has 2 amide bonds. The molecule has 2 aromatic carbocycles. The molecule has 174 valence electrons. The van der Waals surface area contributed by atoms with Gasteiger partial charge >= 0.3 is 0 Å². The van der Waals surface area contributed by atoms with E-state index in [1.54, 1.807) is 26.2 Å². The predicted octanol–water partition coefficient (Wildman–Crippen LogP) is 4.03. The Kier molecular flexibility index (Phi) is 6.96. The number of hydrogen-bond donors (Lipinski definition) is 0. The zero-order chi connectivity index (χ0) is 23.4. The van der Waals surface area contributed by atoms with E-state index in [9.17, 15) is 9.59 Å². The Balaban J connectivity index is 1.60. The highest BCUT2D eigenvalue weighted by Crippen LogP contribution is 2.37. The van der Waals surface area contributed by atoms with E-state index in [4.69, 9.17) is 14.6 Å². The number of nitrogens with zero attached hydrogens (tertiary/aromatic N) is 3. The number of rotatable bonds is 7. The first kappa shape index (κ1) is 22.8. The van der Waals surface area contributed by atoms with Crippen LogP contribution in [0.4, 0.5) is 0 Å². The molecule has 33 heavy (non-hydrogen) atoms. The maximum Gasteiger partial charge on any atom is 0.262 e. The maximum absolute atomic E-state index is 13.4. The van der Waals surface area contributed by atoms with E-state index in [0.717, 1.165) is 48.3 Å². The monoisotopic (exact) mass is 449 g/mol. The molecule has 1 fully saturated rings. The highest BCUT2D eigenvalue weighted by Gasteiger charge is 2.36. The molecule has 0 radical (unpaired) electrons. The van der Waals surface area contributed by atoms with Crippen molar-refractivity contribution in [1.29, 1.82) is 0 Å². The zero-order valence-corrected chi connectivity index (χ0v) is 19.5. The SMILES string of the molecule is COc1ccc(C2=NN(C(=O)CN(C)C(=O)C3CCCC3)[C@@H](c3ccccc3OC)C2)cc1. The summed E-state index contributed by atoms with van der Waals surface area (Å²) in [5.74, 6) is 1.35. The Bertz CT molecular complexity index is 1030. The van der Waals surface area contributed by atoms with Crippen LogP contribution in [-0.2, 0) is 9.59 Å². The van der Waals surface area contributed by atoms with E-state index < -0.39 is 0 Å². The van der Waals surface area contributed by atoms with Gasteiger partial charge in [-0.3, -0.25) is 9.59 Å². The molecule has 0 unspecified atom stereocenters. The zero-order valence-electron chi connectivity index (χ0n) is 19.5. The van der Waals surface area contributed by atoms with Crippen LogP contribution in [0, 0.1) is 5.92 Å². The lowest BCUT2D eigenvalue weighted by Crippen LogP contribution is -2.41. The van der Waals surface area contributed by atoms with Crippen molar-refractivity contribution < 1.29 is 19.1 Å². The third-order valence-electron chi connectivity index (χ3n) is 6.54. The molecular weight excluding hydrogens is 418 g/mol. The van der Waals surface area contributed by atoms with Crippen LogP contribution in [0.25, 0.3) is 0 Å². The summed E-state index contributed by atoms with van der Waals surface area (Å²) < 4.78 is 10.8. The van der Waals surface area contributed by atoms with Gasteiger partial charge < -0.3 is 14.4 Å². The van der Waals surface area contributed by atoms with Gasteiger partial charge in [-0.2, -0.15) is 5.10 Å². The van der Waals surface area contributed by atoms with Crippen LogP contribution in [0.15, 0.2) is 53.6 Å². The first-order valence-corrected chi connectivity index (χ1v) is 11.4. The van der Waals surface area contributed by atoms with Gasteiger partial charge in [0.15, 0.2) is 0 Å². The molecule has 2 aliphatic rings. The molecule has 1 aliphatic heterocycles. The number of carbonyl (C=O) groups is 2.